The highest BCUT2D eigenvalue weighted by molar-refractivity contribution is 5.51. The third-order valence-corrected chi connectivity index (χ3v) is 3.66. The van der Waals surface area contributed by atoms with Gasteiger partial charge in [0.05, 0.1) is 11.6 Å². The van der Waals surface area contributed by atoms with Crippen LogP contribution in [0.3, 0.4) is 0 Å². The number of halogens is 2. The highest BCUT2D eigenvalue weighted by atomic mass is 19.1. The average molecular weight is 311 g/mol. The maximum atomic E-state index is 13.8. The van der Waals surface area contributed by atoms with Crippen molar-refractivity contribution in [3.8, 4) is 6.07 Å². The number of aryl methyl sites for hydroxylation is 2. The summed E-state index contributed by atoms with van der Waals surface area (Å²) in [4.78, 5) is 0. The highest BCUT2D eigenvalue weighted by Gasteiger charge is 2.04. The lowest BCUT2D eigenvalue weighted by Gasteiger charge is -2.05. The Morgan fingerprint density at radius 3 is 2.48 bits per heavy atom. The van der Waals surface area contributed by atoms with Crippen LogP contribution < -0.4 is 0 Å². The van der Waals surface area contributed by atoms with E-state index < -0.39 is 0 Å². The second-order valence-electron chi connectivity index (χ2n) is 5.50. The first-order valence-electron chi connectivity index (χ1n) is 7.76. The fourth-order valence-electron chi connectivity index (χ4n) is 2.37. The van der Waals surface area contributed by atoms with Crippen LogP contribution in [0.5, 0.6) is 0 Å². The van der Waals surface area contributed by atoms with Crippen LogP contribution in [-0.2, 0) is 12.8 Å². The van der Waals surface area contributed by atoms with Crippen molar-refractivity contribution in [3.05, 3.63) is 76.4 Å². The van der Waals surface area contributed by atoms with Crippen molar-refractivity contribution in [2.45, 2.75) is 32.6 Å². The molecule has 0 fully saturated rings. The van der Waals surface area contributed by atoms with Gasteiger partial charge in [0.2, 0.25) is 0 Å². The third-order valence-electron chi connectivity index (χ3n) is 3.66. The van der Waals surface area contributed by atoms with Crippen molar-refractivity contribution < 1.29 is 8.78 Å². The molecule has 0 saturated carbocycles. The van der Waals surface area contributed by atoms with E-state index in [1.165, 1.54) is 6.07 Å². The van der Waals surface area contributed by atoms with Gasteiger partial charge in [-0.05, 0) is 60.6 Å². The van der Waals surface area contributed by atoms with Gasteiger partial charge in [-0.2, -0.15) is 5.26 Å². The molecule has 0 amide bonds. The largest absolute Gasteiger partial charge is 0.212 e. The van der Waals surface area contributed by atoms with Crippen molar-refractivity contribution in [2.75, 3.05) is 0 Å². The number of allylic oxidation sites excluding steroid dienone is 1. The first-order valence-corrected chi connectivity index (χ1v) is 7.76. The lowest BCUT2D eigenvalue weighted by Crippen LogP contribution is -1.95. The lowest BCUT2D eigenvalue weighted by atomic mass is 10.0. The topological polar surface area (TPSA) is 23.8 Å². The Kier molecular flexibility index (Phi) is 6.05. The molecular formula is C20H19F2N. The molecule has 2 aromatic carbocycles. The summed E-state index contributed by atoms with van der Waals surface area (Å²) in [6, 6.07) is 14.1. The Morgan fingerprint density at radius 2 is 1.87 bits per heavy atom. The molecule has 0 atom stereocenters. The van der Waals surface area contributed by atoms with E-state index in [0.717, 1.165) is 17.5 Å². The molecular weight excluding hydrogens is 292 g/mol. The van der Waals surface area contributed by atoms with E-state index in [4.69, 9.17) is 5.26 Å². The standard InChI is InChI=1S/C20H19F2N/c1-2-3-19(21)12-16-6-4-15(5-7-16)8-10-18-11-9-17(14-23)13-20(18)22/h4-7,9,11-13H,2-3,8,10H2,1H3. The Balaban J connectivity index is 1.99. The number of benzene rings is 2. The molecule has 1 nitrogen and oxygen atoms in total. The van der Waals surface area contributed by atoms with Gasteiger partial charge in [-0.1, -0.05) is 37.3 Å². The molecule has 23 heavy (non-hydrogen) atoms. The highest BCUT2D eigenvalue weighted by Crippen LogP contribution is 2.16. The van der Waals surface area contributed by atoms with Gasteiger partial charge in [0.25, 0.3) is 0 Å². The summed E-state index contributed by atoms with van der Waals surface area (Å²) in [6.45, 7) is 1.94. The van der Waals surface area contributed by atoms with E-state index in [1.54, 1.807) is 18.2 Å². The number of rotatable bonds is 6. The van der Waals surface area contributed by atoms with Crippen molar-refractivity contribution in [3.63, 3.8) is 0 Å². The van der Waals surface area contributed by atoms with Crippen LogP contribution >= 0.6 is 0 Å². The molecule has 118 valence electrons. The van der Waals surface area contributed by atoms with Crippen LogP contribution in [0.25, 0.3) is 6.08 Å². The maximum Gasteiger partial charge on any atom is 0.127 e. The summed E-state index contributed by atoms with van der Waals surface area (Å²) in [6.07, 6.45) is 4.06. The van der Waals surface area contributed by atoms with Crippen LogP contribution in [0.2, 0.25) is 0 Å². The molecule has 0 bridgehead atoms. The first-order chi connectivity index (χ1) is 11.1. The SMILES string of the molecule is CCCC(F)=Cc1ccc(CCc2ccc(C#N)cc2F)cc1. The summed E-state index contributed by atoms with van der Waals surface area (Å²) >= 11 is 0. The smallest absolute Gasteiger partial charge is 0.127 e. The van der Waals surface area contributed by atoms with Gasteiger partial charge in [-0.25, -0.2) is 8.78 Å². The van der Waals surface area contributed by atoms with Gasteiger partial charge >= 0.3 is 0 Å². The van der Waals surface area contributed by atoms with Crippen LogP contribution in [0.4, 0.5) is 8.78 Å². The minimum atomic E-state index is -0.342. The quantitative estimate of drug-likeness (QED) is 0.682. The van der Waals surface area contributed by atoms with E-state index in [-0.39, 0.29) is 11.6 Å². The van der Waals surface area contributed by atoms with Crippen LogP contribution in [0, 0.1) is 17.1 Å². The van der Waals surface area contributed by atoms with Crippen LogP contribution in [-0.4, -0.2) is 0 Å². The summed E-state index contributed by atoms with van der Waals surface area (Å²) < 4.78 is 27.3. The van der Waals surface area contributed by atoms with E-state index >= 15 is 0 Å². The second kappa shape index (κ2) is 8.24. The van der Waals surface area contributed by atoms with E-state index in [2.05, 4.69) is 0 Å². The fourth-order valence-corrected chi connectivity index (χ4v) is 2.37. The average Bonchev–Trinajstić information content (AvgIpc) is 2.55. The van der Waals surface area contributed by atoms with Crippen LogP contribution in [0.1, 0.15) is 42.0 Å². The van der Waals surface area contributed by atoms with E-state index in [9.17, 15) is 8.78 Å². The minimum absolute atomic E-state index is 0.111. The predicted molar refractivity (Wildman–Crippen MR) is 89.0 cm³/mol. The van der Waals surface area contributed by atoms with Gasteiger partial charge in [-0.3, -0.25) is 0 Å². The molecule has 2 aromatic rings. The Morgan fingerprint density at radius 1 is 1.13 bits per heavy atom. The first kappa shape index (κ1) is 16.9. The molecule has 0 N–H and O–H groups in total. The molecule has 0 aliphatic rings. The molecule has 0 unspecified atom stereocenters. The molecule has 0 heterocycles. The Hall–Kier alpha value is -2.47. The summed E-state index contributed by atoms with van der Waals surface area (Å²) in [5.74, 6) is -0.454. The normalized spacial score (nSPS) is 11.3. The molecule has 0 aliphatic carbocycles. The van der Waals surface area contributed by atoms with Gasteiger partial charge in [0, 0.05) is 0 Å². The molecule has 3 heteroatoms. The lowest BCUT2D eigenvalue weighted by molar-refractivity contribution is 0.591. The number of hydrogen-bond acceptors (Lipinski definition) is 1. The zero-order chi connectivity index (χ0) is 16.7. The van der Waals surface area contributed by atoms with Crippen LogP contribution in [0.15, 0.2) is 48.3 Å². The third kappa shape index (κ3) is 5.03. The van der Waals surface area contributed by atoms with E-state index in [1.807, 2.05) is 37.3 Å². The summed E-state index contributed by atoms with van der Waals surface area (Å²) in [5, 5.41) is 8.73. The molecule has 0 radical (unpaired) electrons. The van der Waals surface area contributed by atoms with Gasteiger partial charge in [-0.15, -0.1) is 0 Å². The van der Waals surface area contributed by atoms with Crippen molar-refractivity contribution >= 4 is 6.08 Å². The maximum absolute atomic E-state index is 13.8. The monoisotopic (exact) mass is 311 g/mol. The Bertz CT molecular complexity index is 724. The predicted octanol–water partition coefficient (Wildman–Crippen LogP) is 5.59. The summed E-state index contributed by atoms with van der Waals surface area (Å²) in [5.41, 5.74) is 2.84. The zero-order valence-corrected chi connectivity index (χ0v) is 13.2. The molecule has 2 rings (SSSR count). The molecule has 0 aliphatic heterocycles. The number of nitrogens with zero attached hydrogens (tertiary/aromatic N) is 1. The molecule has 0 spiro atoms. The van der Waals surface area contributed by atoms with E-state index in [0.29, 0.717) is 30.4 Å². The van der Waals surface area contributed by atoms with Gasteiger partial charge < -0.3 is 0 Å². The second-order valence-corrected chi connectivity index (χ2v) is 5.50. The van der Waals surface area contributed by atoms with Crippen molar-refractivity contribution in [1.29, 1.82) is 5.26 Å². The molecule has 0 saturated heterocycles. The number of hydrogen-bond donors (Lipinski definition) is 0. The van der Waals surface area contributed by atoms with Crippen molar-refractivity contribution in [1.82, 2.24) is 0 Å². The number of nitriles is 1. The van der Waals surface area contributed by atoms with Crippen molar-refractivity contribution in [2.24, 2.45) is 0 Å². The zero-order valence-electron chi connectivity index (χ0n) is 13.2. The minimum Gasteiger partial charge on any atom is -0.212 e. The fraction of sp³-hybridized carbons (Fsp3) is 0.250. The molecule has 0 aromatic heterocycles. The summed E-state index contributed by atoms with van der Waals surface area (Å²) in [7, 11) is 0. The Labute approximate surface area is 135 Å². The van der Waals surface area contributed by atoms with Gasteiger partial charge in [0.15, 0.2) is 0 Å². The van der Waals surface area contributed by atoms with Gasteiger partial charge in [0.1, 0.15) is 11.6 Å².